The molecule has 1 aliphatic rings. The van der Waals surface area contributed by atoms with Gasteiger partial charge in [0.25, 0.3) is 0 Å². The van der Waals surface area contributed by atoms with Crippen LogP contribution in [0.15, 0.2) is 22.7 Å². The van der Waals surface area contributed by atoms with Gasteiger partial charge in [0, 0.05) is 25.1 Å². The highest BCUT2D eigenvalue weighted by molar-refractivity contribution is 9.10. The molecule has 0 atom stereocenters. The van der Waals surface area contributed by atoms with Crippen LogP contribution in [0.4, 0.5) is 11.4 Å². The molecule has 106 valence electrons. The zero-order chi connectivity index (χ0) is 13.7. The standard InChI is InChI=1S/C16H25BrN2/c1-19(2)16-9-8-14(17)12-15(16)18-11-10-13-6-4-3-5-7-13/h8-9,12-13,18H,3-7,10-11H2,1-2H3. The Labute approximate surface area is 125 Å². The number of nitrogens with zero attached hydrogens (tertiary/aromatic N) is 1. The first-order valence-electron chi connectivity index (χ1n) is 7.37. The van der Waals surface area contributed by atoms with E-state index in [9.17, 15) is 0 Å². The van der Waals surface area contributed by atoms with Crippen LogP contribution in [0, 0.1) is 5.92 Å². The fraction of sp³-hybridized carbons (Fsp3) is 0.625. The maximum atomic E-state index is 3.61. The summed E-state index contributed by atoms with van der Waals surface area (Å²) in [5, 5.41) is 3.61. The van der Waals surface area contributed by atoms with Crippen molar-refractivity contribution in [1.29, 1.82) is 0 Å². The van der Waals surface area contributed by atoms with Gasteiger partial charge in [0.05, 0.1) is 11.4 Å². The lowest BCUT2D eigenvalue weighted by Crippen LogP contribution is -2.15. The highest BCUT2D eigenvalue weighted by Crippen LogP contribution is 2.29. The summed E-state index contributed by atoms with van der Waals surface area (Å²) in [7, 11) is 4.19. The molecule has 1 aromatic carbocycles. The number of hydrogen-bond donors (Lipinski definition) is 1. The molecular weight excluding hydrogens is 300 g/mol. The molecule has 1 fully saturated rings. The molecule has 1 saturated carbocycles. The van der Waals surface area contributed by atoms with E-state index in [0.29, 0.717) is 0 Å². The molecular formula is C16H25BrN2. The lowest BCUT2D eigenvalue weighted by Gasteiger charge is -2.23. The van der Waals surface area contributed by atoms with Crippen LogP contribution in [0.25, 0.3) is 0 Å². The molecule has 2 nitrogen and oxygen atoms in total. The molecule has 0 bridgehead atoms. The van der Waals surface area contributed by atoms with Gasteiger partial charge in [-0.1, -0.05) is 48.0 Å². The van der Waals surface area contributed by atoms with E-state index in [1.165, 1.54) is 49.9 Å². The molecule has 0 heterocycles. The summed E-state index contributed by atoms with van der Waals surface area (Å²) in [5.41, 5.74) is 2.49. The highest BCUT2D eigenvalue weighted by Gasteiger charge is 2.13. The summed E-state index contributed by atoms with van der Waals surface area (Å²) in [6.45, 7) is 1.09. The second-order valence-electron chi connectivity index (χ2n) is 5.78. The van der Waals surface area contributed by atoms with Crippen LogP contribution < -0.4 is 10.2 Å². The number of nitrogens with one attached hydrogen (secondary N) is 1. The highest BCUT2D eigenvalue weighted by atomic mass is 79.9. The molecule has 0 saturated heterocycles. The van der Waals surface area contributed by atoms with Crippen LogP contribution in [0.1, 0.15) is 38.5 Å². The second kappa shape index (κ2) is 7.18. The SMILES string of the molecule is CN(C)c1ccc(Br)cc1NCCC1CCCCC1. The van der Waals surface area contributed by atoms with Gasteiger partial charge in [0.2, 0.25) is 0 Å². The van der Waals surface area contributed by atoms with E-state index in [2.05, 4.69) is 58.4 Å². The number of hydrogen-bond acceptors (Lipinski definition) is 2. The van der Waals surface area contributed by atoms with Gasteiger partial charge in [-0.15, -0.1) is 0 Å². The molecule has 0 amide bonds. The molecule has 3 heteroatoms. The van der Waals surface area contributed by atoms with Gasteiger partial charge >= 0.3 is 0 Å². The summed E-state index contributed by atoms with van der Waals surface area (Å²) in [4.78, 5) is 2.16. The van der Waals surface area contributed by atoms with Gasteiger partial charge in [0.15, 0.2) is 0 Å². The van der Waals surface area contributed by atoms with Crippen LogP contribution in [0.2, 0.25) is 0 Å². The Morgan fingerprint density at radius 1 is 1.21 bits per heavy atom. The zero-order valence-corrected chi connectivity index (χ0v) is 13.7. The minimum Gasteiger partial charge on any atom is -0.383 e. The third-order valence-electron chi connectivity index (χ3n) is 4.03. The molecule has 19 heavy (non-hydrogen) atoms. The summed E-state index contributed by atoms with van der Waals surface area (Å²) >= 11 is 3.56. The summed E-state index contributed by atoms with van der Waals surface area (Å²) < 4.78 is 1.14. The van der Waals surface area contributed by atoms with Crippen LogP contribution in [0.5, 0.6) is 0 Å². The number of benzene rings is 1. The number of halogens is 1. The maximum absolute atomic E-state index is 3.61. The Morgan fingerprint density at radius 3 is 2.63 bits per heavy atom. The molecule has 0 radical (unpaired) electrons. The average molecular weight is 325 g/mol. The van der Waals surface area contributed by atoms with Crippen molar-refractivity contribution >= 4 is 27.3 Å². The fourth-order valence-electron chi connectivity index (χ4n) is 2.93. The molecule has 0 aliphatic heterocycles. The molecule has 0 unspecified atom stereocenters. The Kier molecular flexibility index (Phi) is 5.56. The second-order valence-corrected chi connectivity index (χ2v) is 6.69. The van der Waals surface area contributed by atoms with Crippen molar-refractivity contribution in [2.45, 2.75) is 38.5 Å². The summed E-state index contributed by atoms with van der Waals surface area (Å²) in [6.07, 6.45) is 8.48. The van der Waals surface area contributed by atoms with E-state index >= 15 is 0 Å². The van der Waals surface area contributed by atoms with Crippen molar-refractivity contribution in [2.75, 3.05) is 30.9 Å². The third-order valence-corrected chi connectivity index (χ3v) is 4.53. The average Bonchev–Trinajstić information content (AvgIpc) is 2.39. The topological polar surface area (TPSA) is 15.3 Å². The first-order chi connectivity index (χ1) is 9.16. The van der Waals surface area contributed by atoms with Crippen LogP contribution >= 0.6 is 15.9 Å². The quantitative estimate of drug-likeness (QED) is 0.828. The molecule has 1 aliphatic carbocycles. The number of anilines is 2. The predicted molar refractivity (Wildman–Crippen MR) is 88.2 cm³/mol. The third kappa shape index (κ3) is 4.41. The molecule has 1 aromatic rings. The molecule has 0 aromatic heterocycles. The van der Waals surface area contributed by atoms with Crippen LogP contribution in [0.3, 0.4) is 0 Å². The van der Waals surface area contributed by atoms with E-state index in [1.807, 2.05) is 0 Å². The maximum Gasteiger partial charge on any atom is 0.0597 e. The Morgan fingerprint density at radius 2 is 1.95 bits per heavy atom. The van der Waals surface area contributed by atoms with Gasteiger partial charge in [0.1, 0.15) is 0 Å². The normalized spacial score (nSPS) is 16.4. The molecule has 2 rings (SSSR count). The predicted octanol–water partition coefficient (Wildman–Crippen LogP) is 4.90. The monoisotopic (exact) mass is 324 g/mol. The van der Waals surface area contributed by atoms with E-state index < -0.39 is 0 Å². The molecule has 1 N–H and O–H groups in total. The van der Waals surface area contributed by atoms with Crippen molar-refractivity contribution in [3.8, 4) is 0 Å². The molecule has 0 spiro atoms. The van der Waals surface area contributed by atoms with Gasteiger partial charge < -0.3 is 10.2 Å². The Bertz CT molecular complexity index is 398. The van der Waals surface area contributed by atoms with Gasteiger partial charge in [-0.05, 0) is 30.5 Å². The Balaban J connectivity index is 1.89. The van der Waals surface area contributed by atoms with Crippen molar-refractivity contribution in [3.05, 3.63) is 22.7 Å². The lowest BCUT2D eigenvalue weighted by atomic mass is 9.87. The van der Waals surface area contributed by atoms with Gasteiger partial charge in [-0.2, -0.15) is 0 Å². The summed E-state index contributed by atoms with van der Waals surface area (Å²) in [5.74, 6) is 0.941. The van der Waals surface area contributed by atoms with Gasteiger partial charge in [-0.25, -0.2) is 0 Å². The summed E-state index contributed by atoms with van der Waals surface area (Å²) in [6, 6.07) is 6.44. The largest absolute Gasteiger partial charge is 0.383 e. The van der Waals surface area contributed by atoms with Crippen LogP contribution in [-0.4, -0.2) is 20.6 Å². The number of rotatable bonds is 5. The smallest absolute Gasteiger partial charge is 0.0597 e. The van der Waals surface area contributed by atoms with E-state index in [0.717, 1.165) is 16.9 Å². The fourth-order valence-corrected chi connectivity index (χ4v) is 3.29. The zero-order valence-electron chi connectivity index (χ0n) is 12.1. The van der Waals surface area contributed by atoms with Crippen LogP contribution in [-0.2, 0) is 0 Å². The van der Waals surface area contributed by atoms with E-state index in [-0.39, 0.29) is 0 Å². The van der Waals surface area contributed by atoms with E-state index in [1.54, 1.807) is 0 Å². The van der Waals surface area contributed by atoms with E-state index in [4.69, 9.17) is 0 Å². The van der Waals surface area contributed by atoms with Crippen molar-refractivity contribution in [3.63, 3.8) is 0 Å². The lowest BCUT2D eigenvalue weighted by molar-refractivity contribution is 0.345. The van der Waals surface area contributed by atoms with Gasteiger partial charge in [-0.3, -0.25) is 0 Å². The van der Waals surface area contributed by atoms with Crippen molar-refractivity contribution in [2.24, 2.45) is 5.92 Å². The Hall–Kier alpha value is -0.700. The first-order valence-corrected chi connectivity index (χ1v) is 8.17. The van der Waals surface area contributed by atoms with Crippen molar-refractivity contribution < 1.29 is 0 Å². The van der Waals surface area contributed by atoms with Crippen molar-refractivity contribution in [1.82, 2.24) is 0 Å². The first kappa shape index (κ1) is 14.7. The minimum absolute atomic E-state index is 0.941. The minimum atomic E-state index is 0.941.